The van der Waals surface area contributed by atoms with Gasteiger partial charge in [-0.3, -0.25) is 19.8 Å². The highest BCUT2D eigenvalue weighted by Gasteiger charge is 2.18. The Balaban J connectivity index is 1.54. The Bertz CT molecular complexity index is 906. The minimum Gasteiger partial charge on any atom is -0.410 e. The lowest BCUT2D eigenvalue weighted by Crippen LogP contribution is -2.46. The highest BCUT2D eigenvalue weighted by atomic mass is 16.6. The summed E-state index contributed by atoms with van der Waals surface area (Å²) in [5.74, 6) is 0.178. The number of benzene rings is 2. The van der Waals surface area contributed by atoms with Crippen molar-refractivity contribution in [3.05, 3.63) is 54.1 Å². The summed E-state index contributed by atoms with van der Waals surface area (Å²) in [6.07, 6.45) is -0.661. The second-order valence-corrected chi connectivity index (χ2v) is 7.30. The summed E-state index contributed by atoms with van der Waals surface area (Å²) in [6, 6.07) is 13.3. The van der Waals surface area contributed by atoms with Gasteiger partial charge in [0, 0.05) is 50.0 Å². The number of anilines is 2. The first kappa shape index (κ1) is 21.5. The minimum atomic E-state index is -0.661. The van der Waals surface area contributed by atoms with Crippen LogP contribution in [-0.2, 0) is 4.79 Å². The van der Waals surface area contributed by atoms with Gasteiger partial charge in [-0.2, -0.15) is 0 Å². The largest absolute Gasteiger partial charge is 0.417 e. The fourth-order valence-electron chi connectivity index (χ4n) is 3.13. The van der Waals surface area contributed by atoms with Gasteiger partial charge in [-0.1, -0.05) is 12.1 Å². The minimum absolute atomic E-state index is 0.0186. The Labute approximate surface area is 175 Å². The fraction of sp³-hybridized carbons (Fsp3) is 0.318. The van der Waals surface area contributed by atoms with Crippen LogP contribution in [0.15, 0.2) is 48.5 Å². The molecular weight excluding hydrogens is 384 g/mol. The van der Waals surface area contributed by atoms with Crippen LogP contribution in [0.1, 0.15) is 17.3 Å². The third-order valence-corrected chi connectivity index (χ3v) is 4.78. The zero-order valence-corrected chi connectivity index (χ0v) is 17.2. The monoisotopic (exact) mass is 410 g/mol. The first-order valence-corrected chi connectivity index (χ1v) is 9.80. The van der Waals surface area contributed by atoms with E-state index >= 15 is 0 Å². The van der Waals surface area contributed by atoms with Crippen molar-refractivity contribution in [3.63, 3.8) is 0 Å². The third-order valence-electron chi connectivity index (χ3n) is 4.78. The molecule has 3 rings (SSSR count). The van der Waals surface area contributed by atoms with Gasteiger partial charge in [0.25, 0.3) is 0 Å². The zero-order chi connectivity index (χ0) is 21.5. The van der Waals surface area contributed by atoms with E-state index in [2.05, 4.69) is 27.5 Å². The van der Waals surface area contributed by atoms with Crippen molar-refractivity contribution in [2.45, 2.75) is 6.92 Å². The van der Waals surface area contributed by atoms with E-state index in [9.17, 15) is 14.4 Å². The number of rotatable bonds is 6. The number of nitrogens with zero attached hydrogens (tertiary/aromatic N) is 2. The lowest BCUT2D eigenvalue weighted by Gasteiger charge is -2.31. The SMILES string of the molecule is CC(=O)Nc1ccc(OC(=O)Nc2cccc(C(=O)CN3CCN(C)CC3)c2)cc1. The third kappa shape index (κ3) is 6.40. The standard InChI is InChI=1S/C22H26N4O4/c1-16(27)23-18-6-8-20(9-7-18)30-22(29)24-19-5-3-4-17(14-19)21(28)15-26-12-10-25(2)11-13-26/h3-9,14H,10-13,15H2,1-2H3,(H,23,27)(H,24,29). The number of hydrogen-bond donors (Lipinski definition) is 2. The molecule has 0 atom stereocenters. The average Bonchev–Trinajstić information content (AvgIpc) is 2.71. The Morgan fingerprint density at radius 3 is 2.30 bits per heavy atom. The number of amides is 2. The normalized spacial score (nSPS) is 14.7. The predicted molar refractivity (Wildman–Crippen MR) is 115 cm³/mol. The van der Waals surface area contributed by atoms with Crippen molar-refractivity contribution in [1.29, 1.82) is 0 Å². The van der Waals surface area contributed by atoms with Crippen LogP contribution in [0, 0.1) is 0 Å². The number of nitrogens with one attached hydrogen (secondary N) is 2. The van der Waals surface area contributed by atoms with E-state index < -0.39 is 6.09 Å². The summed E-state index contributed by atoms with van der Waals surface area (Å²) in [7, 11) is 2.07. The summed E-state index contributed by atoms with van der Waals surface area (Å²) < 4.78 is 5.25. The predicted octanol–water partition coefficient (Wildman–Crippen LogP) is 2.69. The molecule has 0 bridgehead atoms. The summed E-state index contributed by atoms with van der Waals surface area (Å²) >= 11 is 0. The number of piperazine rings is 1. The maximum atomic E-state index is 12.6. The number of Topliss-reactive ketones (excluding diaryl/α,β-unsaturated/α-hetero) is 1. The molecule has 2 aromatic carbocycles. The van der Waals surface area contributed by atoms with Crippen LogP contribution >= 0.6 is 0 Å². The zero-order valence-electron chi connectivity index (χ0n) is 17.2. The summed E-state index contributed by atoms with van der Waals surface area (Å²) in [4.78, 5) is 40.2. The van der Waals surface area contributed by atoms with Crippen LogP contribution in [0.3, 0.4) is 0 Å². The van der Waals surface area contributed by atoms with Crippen LogP contribution in [0.5, 0.6) is 5.75 Å². The molecule has 8 nitrogen and oxygen atoms in total. The van der Waals surface area contributed by atoms with E-state index in [-0.39, 0.29) is 11.7 Å². The number of hydrogen-bond acceptors (Lipinski definition) is 6. The van der Waals surface area contributed by atoms with Gasteiger partial charge in [0.15, 0.2) is 5.78 Å². The summed E-state index contributed by atoms with van der Waals surface area (Å²) in [5, 5.41) is 5.28. The van der Waals surface area contributed by atoms with Crippen molar-refractivity contribution < 1.29 is 19.1 Å². The Hall–Kier alpha value is -3.23. The van der Waals surface area contributed by atoms with Gasteiger partial charge in [-0.05, 0) is 43.4 Å². The molecule has 0 unspecified atom stereocenters. The number of ketones is 1. The van der Waals surface area contributed by atoms with Crippen molar-refractivity contribution in [3.8, 4) is 5.75 Å². The highest BCUT2D eigenvalue weighted by molar-refractivity contribution is 5.99. The van der Waals surface area contributed by atoms with Crippen LogP contribution in [-0.4, -0.2) is 67.4 Å². The number of ether oxygens (including phenoxy) is 1. The molecular formula is C22H26N4O4. The Morgan fingerprint density at radius 2 is 1.63 bits per heavy atom. The maximum Gasteiger partial charge on any atom is 0.417 e. The smallest absolute Gasteiger partial charge is 0.410 e. The van der Waals surface area contributed by atoms with Gasteiger partial charge in [-0.25, -0.2) is 4.79 Å². The lowest BCUT2D eigenvalue weighted by atomic mass is 10.1. The van der Waals surface area contributed by atoms with Crippen molar-refractivity contribution in [2.75, 3.05) is 50.4 Å². The van der Waals surface area contributed by atoms with Crippen molar-refractivity contribution in [2.24, 2.45) is 0 Å². The Kier molecular flexibility index (Phi) is 7.16. The maximum absolute atomic E-state index is 12.6. The molecule has 0 saturated carbocycles. The summed E-state index contributed by atoms with van der Waals surface area (Å²) in [6.45, 7) is 5.42. The molecule has 1 aliphatic rings. The van der Waals surface area contributed by atoms with Crippen LogP contribution in [0.25, 0.3) is 0 Å². The molecule has 0 aromatic heterocycles. The van der Waals surface area contributed by atoms with E-state index in [1.807, 2.05) is 0 Å². The first-order chi connectivity index (χ1) is 14.4. The van der Waals surface area contributed by atoms with E-state index in [4.69, 9.17) is 4.74 Å². The van der Waals surface area contributed by atoms with Gasteiger partial charge in [0.05, 0.1) is 6.54 Å². The Morgan fingerprint density at radius 1 is 0.933 bits per heavy atom. The fourth-order valence-corrected chi connectivity index (χ4v) is 3.13. The summed E-state index contributed by atoms with van der Waals surface area (Å²) in [5.41, 5.74) is 1.65. The van der Waals surface area contributed by atoms with Gasteiger partial charge in [-0.15, -0.1) is 0 Å². The lowest BCUT2D eigenvalue weighted by molar-refractivity contribution is -0.114. The molecule has 2 amide bonds. The van der Waals surface area contributed by atoms with Crippen LogP contribution in [0.4, 0.5) is 16.2 Å². The van der Waals surface area contributed by atoms with Crippen molar-refractivity contribution in [1.82, 2.24) is 9.80 Å². The van der Waals surface area contributed by atoms with Gasteiger partial charge in [0.1, 0.15) is 5.75 Å². The van der Waals surface area contributed by atoms with Crippen molar-refractivity contribution >= 4 is 29.2 Å². The molecule has 158 valence electrons. The number of carbonyl (C=O) groups excluding carboxylic acids is 3. The first-order valence-electron chi connectivity index (χ1n) is 9.80. The molecule has 2 aromatic rings. The van der Waals surface area contributed by atoms with Gasteiger partial charge in [0.2, 0.25) is 5.91 Å². The number of likely N-dealkylation sites (N-methyl/N-ethyl adjacent to an activating group) is 1. The van der Waals surface area contributed by atoms with Gasteiger partial charge >= 0.3 is 6.09 Å². The molecule has 0 spiro atoms. The molecule has 1 heterocycles. The average molecular weight is 410 g/mol. The number of carbonyl (C=O) groups is 3. The molecule has 1 fully saturated rings. The molecule has 30 heavy (non-hydrogen) atoms. The van der Waals surface area contributed by atoms with Crippen LogP contribution < -0.4 is 15.4 Å². The second-order valence-electron chi connectivity index (χ2n) is 7.30. The van der Waals surface area contributed by atoms with E-state index in [0.717, 1.165) is 26.2 Å². The topological polar surface area (TPSA) is 91.0 Å². The molecule has 0 aliphatic carbocycles. The van der Waals surface area contributed by atoms with Gasteiger partial charge < -0.3 is 15.0 Å². The quantitative estimate of drug-likeness (QED) is 0.712. The molecule has 0 radical (unpaired) electrons. The van der Waals surface area contributed by atoms with E-state index in [1.54, 1.807) is 48.5 Å². The van der Waals surface area contributed by atoms with E-state index in [0.29, 0.717) is 29.2 Å². The molecule has 1 saturated heterocycles. The highest BCUT2D eigenvalue weighted by Crippen LogP contribution is 2.17. The molecule has 8 heteroatoms. The second kappa shape index (κ2) is 10.00. The molecule has 1 aliphatic heterocycles. The van der Waals surface area contributed by atoms with E-state index in [1.165, 1.54) is 6.92 Å². The van der Waals surface area contributed by atoms with Crippen LogP contribution in [0.2, 0.25) is 0 Å². The molecule has 2 N–H and O–H groups in total.